The molecular weight excluding hydrogens is 480 g/mol. The van der Waals surface area contributed by atoms with Crippen molar-refractivity contribution in [2.24, 2.45) is 0 Å². The first-order chi connectivity index (χ1) is 16.2. The summed E-state index contributed by atoms with van der Waals surface area (Å²) in [5.41, 5.74) is 1.11. The number of hydrogen-bond acceptors (Lipinski definition) is 7. The first-order valence-electron chi connectivity index (χ1n) is 10.2. The van der Waals surface area contributed by atoms with Crippen LogP contribution in [-0.4, -0.2) is 69.9 Å². The standard InChI is InChI=1S/C14H17N3O3.C9H7NO4.3CH4/c1-15-7-9-16(10-8-15)14(18)6-5-12-3-2-4-13(11-12)17(19)20;11-9(12)5-4-7-2-1-3-8(6-7)10(13)14;;;/h2-6,11H,7-10H2,1H3;1-6H,(H,11,12);3*1H4/b6-5+;5-4+;;;. The largest absolute Gasteiger partial charge is 0.478 e. The minimum atomic E-state index is -1.09. The van der Waals surface area contributed by atoms with Gasteiger partial charge in [0.05, 0.1) is 9.85 Å². The summed E-state index contributed by atoms with van der Waals surface area (Å²) in [5.74, 6) is -1.14. The van der Waals surface area contributed by atoms with Crippen molar-refractivity contribution in [2.45, 2.75) is 22.3 Å². The predicted octanol–water partition coefficient (Wildman–Crippen LogP) is 4.98. The van der Waals surface area contributed by atoms with Crippen molar-refractivity contribution in [3.63, 3.8) is 0 Å². The van der Waals surface area contributed by atoms with Crippen LogP contribution in [0, 0.1) is 20.2 Å². The molecule has 1 heterocycles. The molecule has 1 amide bonds. The number of non-ortho nitro benzene ring substituents is 2. The Bertz CT molecular complexity index is 1110. The first kappa shape index (κ1) is 34.8. The number of nitro groups is 2. The molecule has 11 heteroatoms. The molecule has 0 spiro atoms. The van der Waals surface area contributed by atoms with E-state index < -0.39 is 15.8 Å². The van der Waals surface area contributed by atoms with Crippen molar-refractivity contribution >= 4 is 35.4 Å². The molecule has 1 fully saturated rings. The van der Waals surface area contributed by atoms with Crippen molar-refractivity contribution in [3.8, 4) is 0 Å². The third-order valence-electron chi connectivity index (χ3n) is 4.81. The SMILES string of the molecule is C.C.C.CN1CCN(C(=O)/C=C/c2cccc([N+](=O)[O-])c2)CC1.O=C(O)/C=C/c1cccc([N+](=O)[O-])c1. The van der Waals surface area contributed by atoms with Gasteiger partial charge in [-0.2, -0.15) is 0 Å². The number of carboxylic acids is 1. The van der Waals surface area contributed by atoms with E-state index in [1.807, 2.05) is 7.05 Å². The summed E-state index contributed by atoms with van der Waals surface area (Å²) in [7, 11) is 2.03. The molecule has 0 atom stereocenters. The summed E-state index contributed by atoms with van der Waals surface area (Å²) in [6.07, 6.45) is 5.33. The molecule has 1 N–H and O–H groups in total. The normalized spacial score (nSPS) is 12.8. The van der Waals surface area contributed by atoms with E-state index in [0.717, 1.165) is 19.2 Å². The van der Waals surface area contributed by atoms with Crippen LogP contribution in [0.1, 0.15) is 33.4 Å². The number of hydrogen-bond donors (Lipinski definition) is 1. The van der Waals surface area contributed by atoms with Crippen LogP contribution < -0.4 is 0 Å². The van der Waals surface area contributed by atoms with Crippen molar-refractivity contribution in [3.05, 3.63) is 92.0 Å². The fourth-order valence-corrected chi connectivity index (χ4v) is 2.95. The van der Waals surface area contributed by atoms with Gasteiger partial charge in [-0.15, -0.1) is 0 Å². The molecule has 2 aromatic rings. The molecule has 0 unspecified atom stereocenters. The van der Waals surface area contributed by atoms with E-state index in [1.165, 1.54) is 42.5 Å². The monoisotopic (exact) mass is 516 g/mol. The Kier molecular flexibility index (Phi) is 16.1. The van der Waals surface area contributed by atoms with E-state index in [9.17, 15) is 29.8 Å². The van der Waals surface area contributed by atoms with Gasteiger partial charge in [0.1, 0.15) is 0 Å². The fourth-order valence-electron chi connectivity index (χ4n) is 2.95. The maximum absolute atomic E-state index is 12.0. The van der Waals surface area contributed by atoms with Gasteiger partial charge in [0, 0.05) is 62.6 Å². The maximum Gasteiger partial charge on any atom is 0.328 e. The second-order valence-corrected chi connectivity index (χ2v) is 7.34. The molecule has 0 aliphatic carbocycles. The van der Waals surface area contributed by atoms with E-state index in [-0.39, 0.29) is 39.6 Å². The van der Waals surface area contributed by atoms with Crippen LogP contribution in [0.3, 0.4) is 0 Å². The lowest BCUT2D eigenvalue weighted by Gasteiger charge is -2.31. The Morgan fingerprint density at radius 2 is 1.24 bits per heavy atom. The number of likely N-dealkylation sites (N-methyl/N-ethyl adjacent to an activating group) is 1. The topological polar surface area (TPSA) is 147 Å². The number of piperazine rings is 1. The highest BCUT2D eigenvalue weighted by atomic mass is 16.6. The Balaban J connectivity index is 0. The molecule has 2 aromatic carbocycles. The zero-order chi connectivity index (χ0) is 25.1. The quantitative estimate of drug-likeness (QED) is 0.321. The van der Waals surface area contributed by atoms with Gasteiger partial charge in [-0.25, -0.2) is 4.79 Å². The summed E-state index contributed by atoms with van der Waals surface area (Å²) in [6.45, 7) is 3.18. The lowest BCUT2D eigenvalue weighted by atomic mass is 10.2. The van der Waals surface area contributed by atoms with E-state index in [4.69, 9.17) is 5.11 Å². The van der Waals surface area contributed by atoms with Crippen LogP contribution in [0.4, 0.5) is 11.4 Å². The first-order valence-corrected chi connectivity index (χ1v) is 10.2. The average molecular weight is 517 g/mol. The third kappa shape index (κ3) is 12.2. The molecule has 1 saturated heterocycles. The Morgan fingerprint density at radius 3 is 1.65 bits per heavy atom. The molecule has 1 aliphatic heterocycles. The van der Waals surface area contributed by atoms with E-state index in [2.05, 4.69) is 4.90 Å². The van der Waals surface area contributed by atoms with Gasteiger partial charge in [0.2, 0.25) is 5.91 Å². The summed E-state index contributed by atoms with van der Waals surface area (Å²) in [6, 6.07) is 12.0. The number of carbonyl (C=O) groups excluding carboxylic acids is 1. The zero-order valence-corrected chi connectivity index (χ0v) is 18.4. The average Bonchev–Trinajstić information content (AvgIpc) is 2.82. The minimum Gasteiger partial charge on any atom is -0.478 e. The van der Waals surface area contributed by atoms with Crippen molar-refractivity contribution in [1.29, 1.82) is 0 Å². The van der Waals surface area contributed by atoms with Crippen LogP contribution in [0.25, 0.3) is 12.2 Å². The molecule has 202 valence electrons. The lowest BCUT2D eigenvalue weighted by Crippen LogP contribution is -2.46. The van der Waals surface area contributed by atoms with Crippen LogP contribution in [0.15, 0.2) is 60.7 Å². The number of carbonyl (C=O) groups is 2. The maximum atomic E-state index is 12.0. The number of aliphatic carboxylic acids is 1. The van der Waals surface area contributed by atoms with Crippen LogP contribution in [0.2, 0.25) is 0 Å². The summed E-state index contributed by atoms with van der Waals surface area (Å²) < 4.78 is 0. The fraction of sp³-hybridized carbons (Fsp3) is 0.308. The van der Waals surface area contributed by atoms with Gasteiger partial charge < -0.3 is 14.9 Å². The lowest BCUT2D eigenvalue weighted by molar-refractivity contribution is -0.385. The highest BCUT2D eigenvalue weighted by Crippen LogP contribution is 2.15. The second kappa shape index (κ2) is 17.1. The number of rotatable bonds is 6. The van der Waals surface area contributed by atoms with Crippen molar-refractivity contribution in [1.82, 2.24) is 9.80 Å². The number of nitrogens with zero attached hydrogens (tertiary/aromatic N) is 4. The minimum absolute atomic E-state index is 0. The van der Waals surface area contributed by atoms with Gasteiger partial charge in [-0.3, -0.25) is 25.0 Å². The smallest absolute Gasteiger partial charge is 0.328 e. The highest BCUT2D eigenvalue weighted by molar-refractivity contribution is 5.92. The van der Waals surface area contributed by atoms with Gasteiger partial charge in [0.25, 0.3) is 11.4 Å². The molecule has 3 rings (SSSR count). The summed E-state index contributed by atoms with van der Waals surface area (Å²) >= 11 is 0. The Hall–Kier alpha value is -4.38. The summed E-state index contributed by atoms with van der Waals surface area (Å²) in [4.78, 5) is 46.2. The molecule has 0 saturated carbocycles. The molecule has 0 radical (unpaired) electrons. The highest BCUT2D eigenvalue weighted by Gasteiger charge is 2.16. The van der Waals surface area contributed by atoms with E-state index in [1.54, 1.807) is 29.2 Å². The van der Waals surface area contributed by atoms with Crippen LogP contribution in [-0.2, 0) is 9.59 Å². The number of amides is 1. The number of benzene rings is 2. The van der Waals surface area contributed by atoms with Crippen LogP contribution >= 0.6 is 0 Å². The summed E-state index contributed by atoms with van der Waals surface area (Å²) in [5, 5.41) is 29.4. The van der Waals surface area contributed by atoms with Gasteiger partial charge in [-0.05, 0) is 30.3 Å². The second-order valence-electron chi connectivity index (χ2n) is 7.34. The predicted molar refractivity (Wildman–Crippen MR) is 146 cm³/mol. The molecule has 1 aliphatic rings. The number of nitro benzene ring substituents is 2. The van der Waals surface area contributed by atoms with Crippen molar-refractivity contribution in [2.75, 3.05) is 33.2 Å². The Morgan fingerprint density at radius 1 is 0.811 bits per heavy atom. The van der Waals surface area contributed by atoms with Crippen molar-refractivity contribution < 1.29 is 24.5 Å². The van der Waals surface area contributed by atoms with Gasteiger partial charge in [-0.1, -0.05) is 46.5 Å². The van der Waals surface area contributed by atoms with E-state index in [0.29, 0.717) is 24.2 Å². The molecule has 0 bridgehead atoms. The van der Waals surface area contributed by atoms with E-state index >= 15 is 0 Å². The molecular formula is C26H36N4O7. The van der Waals surface area contributed by atoms with Crippen LogP contribution in [0.5, 0.6) is 0 Å². The zero-order valence-electron chi connectivity index (χ0n) is 18.4. The molecule has 0 aromatic heterocycles. The molecule has 37 heavy (non-hydrogen) atoms. The molecule has 11 nitrogen and oxygen atoms in total. The third-order valence-corrected chi connectivity index (χ3v) is 4.81. The Labute approximate surface area is 217 Å². The van der Waals surface area contributed by atoms with Gasteiger partial charge in [0.15, 0.2) is 0 Å². The van der Waals surface area contributed by atoms with Gasteiger partial charge >= 0.3 is 5.97 Å². The number of carboxylic acid groups (broad SMARTS) is 1.